The van der Waals surface area contributed by atoms with Gasteiger partial charge in [0.15, 0.2) is 0 Å². The number of carbonyl (C=O) groups is 1. The van der Waals surface area contributed by atoms with Crippen molar-refractivity contribution in [3.8, 4) is 0 Å². The Morgan fingerprint density at radius 2 is 2.00 bits per heavy atom. The summed E-state index contributed by atoms with van der Waals surface area (Å²) in [6.07, 6.45) is 4.20. The number of carbonyl (C=O) groups excluding carboxylic acids is 1. The van der Waals surface area contributed by atoms with E-state index in [0.29, 0.717) is 19.0 Å². The van der Waals surface area contributed by atoms with Gasteiger partial charge in [0.1, 0.15) is 0 Å². The Kier molecular flexibility index (Phi) is 5.78. The number of amides is 1. The van der Waals surface area contributed by atoms with Crippen LogP contribution in [0.3, 0.4) is 0 Å². The van der Waals surface area contributed by atoms with Crippen molar-refractivity contribution in [2.75, 3.05) is 6.54 Å². The number of hydrogen-bond donors (Lipinski definition) is 1. The lowest BCUT2D eigenvalue weighted by atomic mass is 10.0. The third-order valence-corrected chi connectivity index (χ3v) is 2.86. The summed E-state index contributed by atoms with van der Waals surface area (Å²) in [6, 6.07) is 3.44. The van der Waals surface area contributed by atoms with Crippen molar-refractivity contribution < 1.29 is 4.79 Å². The normalized spacial score (nSPS) is 12.5. The van der Waals surface area contributed by atoms with Crippen LogP contribution in [0.5, 0.6) is 0 Å². The Morgan fingerprint density at radius 1 is 1.39 bits per heavy atom. The van der Waals surface area contributed by atoms with Crippen molar-refractivity contribution in [2.24, 2.45) is 11.7 Å². The van der Waals surface area contributed by atoms with Crippen molar-refractivity contribution in [3.63, 3.8) is 0 Å². The summed E-state index contributed by atoms with van der Waals surface area (Å²) in [5.74, 6) is 0.464. The number of pyridine rings is 1. The topological polar surface area (TPSA) is 59.2 Å². The van der Waals surface area contributed by atoms with E-state index in [1.807, 2.05) is 19.1 Å². The number of aromatic nitrogens is 1. The van der Waals surface area contributed by atoms with E-state index in [2.05, 4.69) is 18.8 Å². The monoisotopic (exact) mass is 249 g/mol. The molecule has 0 bridgehead atoms. The molecule has 18 heavy (non-hydrogen) atoms. The van der Waals surface area contributed by atoms with Crippen LogP contribution >= 0.6 is 0 Å². The first-order valence-electron chi connectivity index (χ1n) is 6.47. The SMILES string of the molecule is CCN(Cc1ccncc1)C(=O)[C@H](N)CC(C)C. The van der Waals surface area contributed by atoms with E-state index in [1.54, 1.807) is 17.3 Å². The molecule has 1 amide bonds. The lowest BCUT2D eigenvalue weighted by Crippen LogP contribution is -2.43. The molecule has 1 heterocycles. The van der Waals surface area contributed by atoms with Gasteiger partial charge in [-0.15, -0.1) is 0 Å². The van der Waals surface area contributed by atoms with Gasteiger partial charge in [-0.3, -0.25) is 9.78 Å². The van der Waals surface area contributed by atoms with Crippen LogP contribution in [-0.2, 0) is 11.3 Å². The van der Waals surface area contributed by atoms with Gasteiger partial charge in [-0.25, -0.2) is 0 Å². The van der Waals surface area contributed by atoms with E-state index >= 15 is 0 Å². The zero-order chi connectivity index (χ0) is 13.5. The number of likely N-dealkylation sites (N-methyl/N-ethyl adjacent to an activating group) is 1. The average Bonchev–Trinajstić information content (AvgIpc) is 2.35. The summed E-state index contributed by atoms with van der Waals surface area (Å²) < 4.78 is 0. The van der Waals surface area contributed by atoms with Gasteiger partial charge < -0.3 is 10.6 Å². The molecule has 0 aromatic carbocycles. The Morgan fingerprint density at radius 3 is 2.50 bits per heavy atom. The van der Waals surface area contributed by atoms with Crippen molar-refractivity contribution in [3.05, 3.63) is 30.1 Å². The Balaban J connectivity index is 2.63. The molecule has 4 nitrogen and oxygen atoms in total. The minimum absolute atomic E-state index is 0.0306. The highest BCUT2D eigenvalue weighted by molar-refractivity contribution is 5.81. The van der Waals surface area contributed by atoms with Crippen LogP contribution in [0.4, 0.5) is 0 Å². The summed E-state index contributed by atoms with van der Waals surface area (Å²) in [5, 5.41) is 0. The second-order valence-corrected chi connectivity index (χ2v) is 4.94. The van der Waals surface area contributed by atoms with Crippen LogP contribution < -0.4 is 5.73 Å². The predicted molar refractivity (Wildman–Crippen MR) is 72.8 cm³/mol. The number of hydrogen-bond acceptors (Lipinski definition) is 3. The molecular formula is C14H23N3O. The van der Waals surface area contributed by atoms with Crippen LogP contribution in [0.2, 0.25) is 0 Å². The molecule has 0 saturated heterocycles. The van der Waals surface area contributed by atoms with Gasteiger partial charge in [-0.1, -0.05) is 13.8 Å². The fraction of sp³-hybridized carbons (Fsp3) is 0.571. The fourth-order valence-electron chi connectivity index (χ4n) is 1.90. The summed E-state index contributed by atoms with van der Waals surface area (Å²) in [4.78, 5) is 18.0. The van der Waals surface area contributed by atoms with Gasteiger partial charge in [0.25, 0.3) is 0 Å². The summed E-state index contributed by atoms with van der Waals surface area (Å²) in [5.41, 5.74) is 7.03. The highest BCUT2D eigenvalue weighted by atomic mass is 16.2. The summed E-state index contributed by atoms with van der Waals surface area (Å²) in [7, 11) is 0. The molecule has 0 aliphatic heterocycles. The van der Waals surface area contributed by atoms with Crippen LogP contribution in [0.25, 0.3) is 0 Å². The number of nitrogens with two attached hydrogens (primary N) is 1. The van der Waals surface area contributed by atoms with E-state index in [4.69, 9.17) is 5.73 Å². The maximum Gasteiger partial charge on any atom is 0.239 e. The largest absolute Gasteiger partial charge is 0.337 e. The highest BCUT2D eigenvalue weighted by Gasteiger charge is 2.20. The van der Waals surface area contributed by atoms with Crippen LogP contribution in [0, 0.1) is 5.92 Å². The number of nitrogens with zero attached hydrogens (tertiary/aromatic N) is 2. The van der Waals surface area contributed by atoms with E-state index in [0.717, 1.165) is 12.0 Å². The fourth-order valence-corrected chi connectivity index (χ4v) is 1.90. The number of rotatable bonds is 6. The second-order valence-electron chi connectivity index (χ2n) is 4.94. The third-order valence-electron chi connectivity index (χ3n) is 2.86. The molecule has 4 heteroatoms. The van der Waals surface area contributed by atoms with Crippen LogP contribution in [0.15, 0.2) is 24.5 Å². The van der Waals surface area contributed by atoms with Crippen molar-refractivity contribution in [1.29, 1.82) is 0 Å². The smallest absolute Gasteiger partial charge is 0.239 e. The van der Waals surface area contributed by atoms with Gasteiger partial charge in [-0.2, -0.15) is 0 Å². The van der Waals surface area contributed by atoms with Crippen molar-refractivity contribution in [1.82, 2.24) is 9.88 Å². The molecule has 0 unspecified atom stereocenters. The van der Waals surface area contributed by atoms with Crippen LogP contribution in [-0.4, -0.2) is 28.4 Å². The zero-order valence-electron chi connectivity index (χ0n) is 11.5. The molecule has 0 aliphatic carbocycles. The lowest BCUT2D eigenvalue weighted by molar-refractivity contribution is -0.133. The maximum atomic E-state index is 12.2. The highest BCUT2D eigenvalue weighted by Crippen LogP contribution is 2.09. The van der Waals surface area contributed by atoms with Gasteiger partial charge in [0, 0.05) is 25.5 Å². The van der Waals surface area contributed by atoms with E-state index in [1.165, 1.54) is 0 Å². The predicted octanol–water partition coefficient (Wildman–Crippen LogP) is 1.80. The molecular weight excluding hydrogens is 226 g/mol. The minimum Gasteiger partial charge on any atom is -0.337 e. The van der Waals surface area contributed by atoms with Crippen molar-refractivity contribution >= 4 is 5.91 Å². The van der Waals surface area contributed by atoms with Gasteiger partial charge in [0.2, 0.25) is 5.91 Å². The first-order valence-corrected chi connectivity index (χ1v) is 6.47. The Bertz CT molecular complexity index is 365. The Labute approximate surface area is 109 Å². The minimum atomic E-state index is -0.396. The summed E-state index contributed by atoms with van der Waals surface area (Å²) in [6.45, 7) is 7.40. The summed E-state index contributed by atoms with van der Waals surface area (Å²) >= 11 is 0. The quantitative estimate of drug-likeness (QED) is 0.836. The van der Waals surface area contributed by atoms with Crippen LogP contribution in [0.1, 0.15) is 32.8 Å². The standard InChI is InChI=1S/C14H23N3O/c1-4-17(10-12-5-7-16-8-6-12)14(18)13(15)9-11(2)3/h5-8,11,13H,4,9-10,15H2,1-3H3/t13-/m1/s1. The molecule has 1 atom stereocenters. The molecule has 2 N–H and O–H groups in total. The van der Waals surface area contributed by atoms with Crippen molar-refractivity contribution in [2.45, 2.75) is 39.8 Å². The molecule has 0 saturated carbocycles. The van der Waals surface area contributed by atoms with E-state index in [9.17, 15) is 4.79 Å². The van der Waals surface area contributed by atoms with E-state index in [-0.39, 0.29) is 5.91 Å². The zero-order valence-corrected chi connectivity index (χ0v) is 11.5. The molecule has 1 aromatic rings. The lowest BCUT2D eigenvalue weighted by Gasteiger charge is -2.25. The molecule has 1 aromatic heterocycles. The maximum absolute atomic E-state index is 12.2. The molecule has 0 fully saturated rings. The van der Waals surface area contributed by atoms with Gasteiger partial charge in [0.05, 0.1) is 6.04 Å². The molecule has 0 radical (unpaired) electrons. The first kappa shape index (κ1) is 14.6. The van der Waals surface area contributed by atoms with Gasteiger partial charge in [-0.05, 0) is 37.0 Å². The molecule has 100 valence electrons. The second kappa shape index (κ2) is 7.11. The van der Waals surface area contributed by atoms with Gasteiger partial charge >= 0.3 is 0 Å². The first-order chi connectivity index (χ1) is 8.54. The Hall–Kier alpha value is -1.42. The third kappa shape index (κ3) is 4.45. The van der Waals surface area contributed by atoms with E-state index < -0.39 is 6.04 Å². The molecule has 1 rings (SSSR count). The molecule has 0 spiro atoms. The average molecular weight is 249 g/mol. The molecule has 0 aliphatic rings.